The van der Waals surface area contributed by atoms with E-state index in [1.165, 1.54) is 42.6 Å². The number of amides is 1. The van der Waals surface area contributed by atoms with Gasteiger partial charge < -0.3 is 10.6 Å². The average Bonchev–Trinajstić information content (AvgIpc) is 2.60. The molecule has 7 heteroatoms. The molecule has 1 aromatic heterocycles. The first kappa shape index (κ1) is 16.5. The van der Waals surface area contributed by atoms with Gasteiger partial charge in [-0.25, -0.2) is 18.2 Å². The van der Waals surface area contributed by atoms with E-state index in [1.807, 2.05) is 0 Å². The molecule has 0 fully saturated rings. The SMILES string of the molecule is O=C(Nc1ccc(Nc2c(F)cccc2F)cn1)c1ccccc1F. The maximum Gasteiger partial charge on any atom is 0.259 e. The van der Waals surface area contributed by atoms with Crippen LogP contribution in [0.3, 0.4) is 0 Å². The number of pyridine rings is 1. The fourth-order valence-corrected chi connectivity index (χ4v) is 2.13. The smallest absolute Gasteiger partial charge is 0.259 e. The van der Waals surface area contributed by atoms with Gasteiger partial charge in [0, 0.05) is 0 Å². The van der Waals surface area contributed by atoms with Crippen molar-refractivity contribution in [2.45, 2.75) is 0 Å². The number of halogens is 3. The van der Waals surface area contributed by atoms with Crippen molar-refractivity contribution in [2.75, 3.05) is 10.6 Å². The Morgan fingerprint density at radius 1 is 0.840 bits per heavy atom. The molecule has 0 spiro atoms. The van der Waals surface area contributed by atoms with Crippen LogP contribution in [0.2, 0.25) is 0 Å². The largest absolute Gasteiger partial charge is 0.349 e. The molecular formula is C18H12F3N3O. The molecule has 0 saturated heterocycles. The van der Waals surface area contributed by atoms with Crippen LogP contribution in [0.5, 0.6) is 0 Å². The minimum atomic E-state index is -0.739. The summed E-state index contributed by atoms with van der Waals surface area (Å²) in [6, 6.07) is 12.0. The predicted molar refractivity (Wildman–Crippen MR) is 88.2 cm³/mol. The summed E-state index contributed by atoms with van der Waals surface area (Å²) in [5.74, 6) is -2.60. The molecule has 0 atom stereocenters. The van der Waals surface area contributed by atoms with Crippen molar-refractivity contribution in [3.63, 3.8) is 0 Å². The van der Waals surface area contributed by atoms with Crippen LogP contribution >= 0.6 is 0 Å². The standard InChI is InChI=1S/C18H12F3N3O/c19-13-5-2-1-4-12(13)18(25)24-16-9-8-11(10-22-16)23-17-14(20)6-3-7-15(17)21/h1-10,23H,(H,22,24,25). The normalized spacial score (nSPS) is 10.4. The van der Waals surface area contributed by atoms with E-state index < -0.39 is 23.4 Å². The molecule has 126 valence electrons. The Bertz CT molecular complexity index is 893. The number of rotatable bonds is 4. The summed E-state index contributed by atoms with van der Waals surface area (Å²) in [6.07, 6.45) is 1.29. The molecule has 0 aliphatic heterocycles. The highest BCUT2D eigenvalue weighted by Gasteiger charge is 2.12. The monoisotopic (exact) mass is 343 g/mol. The highest BCUT2D eigenvalue weighted by atomic mass is 19.1. The van der Waals surface area contributed by atoms with Crippen LogP contribution in [0, 0.1) is 17.5 Å². The van der Waals surface area contributed by atoms with E-state index >= 15 is 0 Å². The first-order valence-electron chi connectivity index (χ1n) is 7.27. The van der Waals surface area contributed by atoms with Crippen LogP contribution in [0.15, 0.2) is 60.8 Å². The molecule has 3 aromatic rings. The number of hydrogen-bond acceptors (Lipinski definition) is 3. The van der Waals surface area contributed by atoms with Crippen molar-refractivity contribution in [1.29, 1.82) is 0 Å². The second-order valence-electron chi connectivity index (χ2n) is 5.09. The van der Waals surface area contributed by atoms with Gasteiger partial charge in [-0.15, -0.1) is 0 Å². The summed E-state index contributed by atoms with van der Waals surface area (Å²) in [6.45, 7) is 0. The van der Waals surface area contributed by atoms with Crippen molar-refractivity contribution in [3.05, 3.63) is 83.8 Å². The number of carbonyl (C=O) groups is 1. The zero-order chi connectivity index (χ0) is 17.8. The van der Waals surface area contributed by atoms with Crippen molar-refractivity contribution >= 4 is 23.1 Å². The van der Waals surface area contributed by atoms with Gasteiger partial charge in [-0.05, 0) is 36.4 Å². The number of benzene rings is 2. The van der Waals surface area contributed by atoms with Crippen LogP contribution in [0.4, 0.5) is 30.4 Å². The van der Waals surface area contributed by atoms with Gasteiger partial charge in [-0.1, -0.05) is 18.2 Å². The van der Waals surface area contributed by atoms with E-state index in [4.69, 9.17) is 0 Å². The molecule has 2 aromatic carbocycles. The van der Waals surface area contributed by atoms with Crippen LogP contribution in [0.1, 0.15) is 10.4 Å². The third kappa shape index (κ3) is 3.77. The topological polar surface area (TPSA) is 54.0 Å². The summed E-state index contributed by atoms with van der Waals surface area (Å²) >= 11 is 0. The highest BCUT2D eigenvalue weighted by Crippen LogP contribution is 2.23. The lowest BCUT2D eigenvalue weighted by atomic mass is 10.2. The lowest BCUT2D eigenvalue weighted by Gasteiger charge is -2.09. The zero-order valence-electron chi connectivity index (χ0n) is 12.8. The van der Waals surface area contributed by atoms with Gasteiger partial charge in [-0.3, -0.25) is 4.79 Å². The van der Waals surface area contributed by atoms with Gasteiger partial charge in [0.25, 0.3) is 5.91 Å². The summed E-state index contributed by atoms with van der Waals surface area (Å²) in [5.41, 5.74) is -0.0831. The van der Waals surface area contributed by atoms with Crippen LogP contribution in [0.25, 0.3) is 0 Å². The Hall–Kier alpha value is -3.35. The molecule has 2 N–H and O–H groups in total. The minimum Gasteiger partial charge on any atom is -0.349 e. The molecule has 25 heavy (non-hydrogen) atoms. The van der Waals surface area contributed by atoms with E-state index in [2.05, 4.69) is 15.6 Å². The summed E-state index contributed by atoms with van der Waals surface area (Å²) in [5, 5.41) is 5.02. The molecule has 0 aliphatic rings. The van der Waals surface area contributed by atoms with Crippen LogP contribution in [-0.4, -0.2) is 10.9 Å². The van der Waals surface area contributed by atoms with Gasteiger partial charge in [-0.2, -0.15) is 0 Å². The quantitative estimate of drug-likeness (QED) is 0.734. The van der Waals surface area contributed by atoms with Gasteiger partial charge in [0.1, 0.15) is 29.0 Å². The Balaban J connectivity index is 1.72. The maximum absolute atomic E-state index is 13.6. The Labute approximate surface area is 141 Å². The molecule has 0 aliphatic carbocycles. The van der Waals surface area contributed by atoms with Crippen molar-refractivity contribution in [2.24, 2.45) is 0 Å². The zero-order valence-corrected chi connectivity index (χ0v) is 12.8. The van der Waals surface area contributed by atoms with Crippen molar-refractivity contribution in [1.82, 2.24) is 4.98 Å². The first-order valence-corrected chi connectivity index (χ1v) is 7.27. The number of nitrogens with one attached hydrogen (secondary N) is 2. The number of aromatic nitrogens is 1. The van der Waals surface area contributed by atoms with Crippen LogP contribution in [-0.2, 0) is 0 Å². The Kier molecular flexibility index (Phi) is 4.65. The second-order valence-corrected chi connectivity index (χ2v) is 5.09. The lowest BCUT2D eigenvalue weighted by molar-refractivity contribution is 0.102. The molecule has 3 rings (SSSR count). The minimum absolute atomic E-state index is 0.111. The molecule has 0 unspecified atom stereocenters. The fourth-order valence-electron chi connectivity index (χ4n) is 2.13. The number of carbonyl (C=O) groups excluding carboxylic acids is 1. The molecule has 0 radical (unpaired) electrons. The third-order valence-corrected chi connectivity index (χ3v) is 3.36. The molecule has 1 heterocycles. The second kappa shape index (κ2) is 7.04. The van der Waals surface area contributed by atoms with E-state index in [9.17, 15) is 18.0 Å². The number of anilines is 3. The van der Waals surface area contributed by atoms with Gasteiger partial charge in [0.2, 0.25) is 0 Å². The van der Waals surface area contributed by atoms with Crippen molar-refractivity contribution < 1.29 is 18.0 Å². The Morgan fingerprint density at radius 3 is 2.16 bits per heavy atom. The molecule has 4 nitrogen and oxygen atoms in total. The Morgan fingerprint density at radius 2 is 1.52 bits per heavy atom. The lowest BCUT2D eigenvalue weighted by Crippen LogP contribution is -2.14. The van der Waals surface area contributed by atoms with E-state index in [1.54, 1.807) is 6.07 Å². The third-order valence-electron chi connectivity index (χ3n) is 3.36. The van der Waals surface area contributed by atoms with E-state index in [0.717, 1.165) is 12.1 Å². The number of para-hydroxylation sites is 1. The number of hydrogen-bond donors (Lipinski definition) is 2. The summed E-state index contributed by atoms with van der Waals surface area (Å²) in [7, 11) is 0. The molecule has 1 amide bonds. The van der Waals surface area contributed by atoms with Gasteiger partial charge in [0.15, 0.2) is 0 Å². The molecular weight excluding hydrogens is 331 g/mol. The average molecular weight is 343 g/mol. The predicted octanol–water partition coefficient (Wildman–Crippen LogP) is 4.49. The highest BCUT2D eigenvalue weighted by molar-refractivity contribution is 6.03. The number of nitrogens with zero attached hydrogens (tertiary/aromatic N) is 1. The van der Waals surface area contributed by atoms with E-state index in [0.29, 0.717) is 5.69 Å². The molecule has 0 bridgehead atoms. The first-order chi connectivity index (χ1) is 12.0. The molecule has 0 saturated carbocycles. The van der Waals surface area contributed by atoms with E-state index in [-0.39, 0.29) is 17.1 Å². The van der Waals surface area contributed by atoms with Crippen LogP contribution < -0.4 is 10.6 Å². The summed E-state index contributed by atoms with van der Waals surface area (Å²) < 4.78 is 40.8. The fraction of sp³-hybridized carbons (Fsp3) is 0. The summed E-state index contributed by atoms with van der Waals surface area (Å²) in [4.78, 5) is 16.0. The van der Waals surface area contributed by atoms with Gasteiger partial charge in [0.05, 0.1) is 17.4 Å². The van der Waals surface area contributed by atoms with Gasteiger partial charge >= 0.3 is 0 Å². The maximum atomic E-state index is 13.6. The van der Waals surface area contributed by atoms with Crippen molar-refractivity contribution in [3.8, 4) is 0 Å².